The third-order valence-corrected chi connectivity index (χ3v) is 7.97. The number of hydrogen-bond acceptors (Lipinski definition) is 6. The first-order chi connectivity index (χ1) is 14.9. The van der Waals surface area contributed by atoms with E-state index in [0.29, 0.717) is 4.88 Å². The van der Waals surface area contributed by atoms with E-state index in [0.717, 1.165) is 11.1 Å². The maximum Gasteiger partial charge on any atom is 0.269 e. The molecule has 1 amide bonds. The van der Waals surface area contributed by atoms with E-state index >= 15 is 0 Å². The van der Waals surface area contributed by atoms with Gasteiger partial charge in [-0.2, -0.15) is 4.31 Å². The SMILES string of the molecule is O=C(c1sccc1-c1ccccc1)N1CCN(S(=O)(=O)c2ccc([N+](=O)[O-])cc2)CC1. The Bertz CT molecular complexity index is 1200. The number of benzene rings is 2. The van der Waals surface area contributed by atoms with Crippen molar-refractivity contribution in [3.05, 3.63) is 81.0 Å². The highest BCUT2D eigenvalue weighted by Crippen LogP contribution is 2.30. The summed E-state index contributed by atoms with van der Waals surface area (Å²) in [7, 11) is -3.78. The number of rotatable bonds is 5. The highest BCUT2D eigenvalue weighted by molar-refractivity contribution is 7.89. The molecule has 10 heteroatoms. The molecule has 2 aromatic carbocycles. The minimum absolute atomic E-state index is 0.00231. The van der Waals surface area contributed by atoms with Crippen molar-refractivity contribution in [2.75, 3.05) is 26.2 Å². The van der Waals surface area contributed by atoms with Crippen LogP contribution in [0.1, 0.15) is 9.67 Å². The zero-order valence-electron chi connectivity index (χ0n) is 16.4. The topological polar surface area (TPSA) is 101 Å². The number of nitro groups is 1. The highest BCUT2D eigenvalue weighted by Gasteiger charge is 2.31. The number of carbonyl (C=O) groups excluding carboxylic acids is 1. The number of non-ortho nitro benzene ring substituents is 1. The molecule has 0 spiro atoms. The second kappa shape index (κ2) is 8.58. The zero-order chi connectivity index (χ0) is 22.0. The standard InChI is InChI=1S/C21H19N3O5S2/c25-21(20-19(10-15-30-20)16-4-2-1-3-5-16)22-11-13-23(14-12-22)31(28,29)18-8-6-17(7-9-18)24(26)27/h1-10,15H,11-14H2. The Morgan fingerprint density at radius 1 is 0.935 bits per heavy atom. The van der Waals surface area contributed by atoms with E-state index in [2.05, 4.69) is 0 Å². The fourth-order valence-corrected chi connectivity index (χ4v) is 5.79. The number of sulfonamides is 1. The predicted molar refractivity (Wildman–Crippen MR) is 118 cm³/mol. The molecule has 1 aromatic heterocycles. The number of nitro benzene ring substituents is 1. The summed E-state index contributed by atoms with van der Waals surface area (Å²) in [6.45, 7) is 0.878. The third-order valence-electron chi connectivity index (χ3n) is 5.16. The van der Waals surface area contributed by atoms with Gasteiger partial charge in [-0.1, -0.05) is 30.3 Å². The van der Waals surface area contributed by atoms with Crippen LogP contribution in [0.4, 0.5) is 5.69 Å². The van der Waals surface area contributed by atoms with Gasteiger partial charge in [-0.05, 0) is 29.1 Å². The van der Waals surface area contributed by atoms with E-state index in [1.807, 2.05) is 41.8 Å². The van der Waals surface area contributed by atoms with Crippen molar-refractivity contribution in [1.82, 2.24) is 9.21 Å². The predicted octanol–water partition coefficient (Wildman–Crippen LogP) is 3.47. The second-order valence-electron chi connectivity index (χ2n) is 6.98. The summed E-state index contributed by atoms with van der Waals surface area (Å²) in [6.07, 6.45) is 0. The molecule has 4 rings (SSSR count). The molecule has 1 saturated heterocycles. The largest absolute Gasteiger partial charge is 0.335 e. The minimum Gasteiger partial charge on any atom is -0.335 e. The van der Waals surface area contributed by atoms with Gasteiger partial charge in [-0.15, -0.1) is 11.3 Å². The monoisotopic (exact) mass is 457 g/mol. The molecule has 1 aliphatic heterocycles. The molecule has 0 aliphatic carbocycles. The smallest absolute Gasteiger partial charge is 0.269 e. The second-order valence-corrected chi connectivity index (χ2v) is 9.83. The maximum absolute atomic E-state index is 13.1. The molecular weight excluding hydrogens is 438 g/mol. The molecule has 3 aromatic rings. The number of nitrogens with zero attached hydrogens (tertiary/aromatic N) is 3. The molecule has 0 N–H and O–H groups in total. The molecule has 0 bridgehead atoms. The van der Waals surface area contributed by atoms with Crippen molar-refractivity contribution >= 4 is 33.0 Å². The Balaban J connectivity index is 1.46. The summed E-state index contributed by atoms with van der Waals surface area (Å²) in [6, 6.07) is 16.4. The maximum atomic E-state index is 13.1. The first-order valence-corrected chi connectivity index (χ1v) is 11.9. The molecular formula is C21H19N3O5S2. The van der Waals surface area contributed by atoms with E-state index < -0.39 is 14.9 Å². The number of thiophene rings is 1. The molecule has 0 atom stereocenters. The van der Waals surface area contributed by atoms with Crippen LogP contribution in [0.2, 0.25) is 0 Å². The minimum atomic E-state index is -3.78. The first-order valence-electron chi connectivity index (χ1n) is 9.55. The van der Waals surface area contributed by atoms with E-state index in [1.54, 1.807) is 4.90 Å². The van der Waals surface area contributed by atoms with E-state index in [9.17, 15) is 23.3 Å². The summed E-state index contributed by atoms with van der Waals surface area (Å²) < 4.78 is 27.0. The van der Waals surface area contributed by atoms with Crippen molar-refractivity contribution < 1.29 is 18.1 Å². The molecule has 1 aliphatic rings. The third kappa shape index (κ3) is 4.22. The summed E-state index contributed by atoms with van der Waals surface area (Å²) in [4.78, 5) is 25.6. The van der Waals surface area contributed by atoms with Crippen LogP contribution >= 0.6 is 11.3 Å². The Morgan fingerprint density at radius 3 is 2.19 bits per heavy atom. The molecule has 8 nitrogen and oxygen atoms in total. The normalized spacial score (nSPS) is 15.0. The van der Waals surface area contributed by atoms with Crippen molar-refractivity contribution in [3.8, 4) is 11.1 Å². The molecule has 0 saturated carbocycles. The van der Waals surface area contributed by atoms with Crippen molar-refractivity contribution in [1.29, 1.82) is 0 Å². The van der Waals surface area contributed by atoms with Gasteiger partial charge in [-0.25, -0.2) is 8.42 Å². The molecule has 31 heavy (non-hydrogen) atoms. The van der Waals surface area contributed by atoms with Gasteiger partial charge in [0.05, 0.1) is 14.7 Å². The van der Waals surface area contributed by atoms with Gasteiger partial charge in [0.25, 0.3) is 11.6 Å². The van der Waals surface area contributed by atoms with Crippen LogP contribution in [-0.2, 0) is 10.0 Å². The number of hydrogen-bond donors (Lipinski definition) is 0. The van der Waals surface area contributed by atoms with E-state index in [4.69, 9.17) is 0 Å². The molecule has 2 heterocycles. The number of piperazine rings is 1. The lowest BCUT2D eigenvalue weighted by Crippen LogP contribution is -2.50. The van der Waals surface area contributed by atoms with Gasteiger partial charge < -0.3 is 4.90 Å². The van der Waals surface area contributed by atoms with Gasteiger partial charge in [0, 0.05) is 43.9 Å². The quantitative estimate of drug-likeness (QED) is 0.431. The van der Waals surface area contributed by atoms with Gasteiger partial charge >= 0.3 is 0 Å². The van der Waals surface area contributed by atoms with Crippen LogP contribution in [0.5, 0.6) is 0 Å². The van der Waals surface area contributed by atoms with Crippen LogP contribution in [-0.4, -0.2) is 54.6 Å². The summed E-state index contributed by atoms with van der Waals surface area (Å²) in [5.74, 6) is -0.110. The van der Waals surface area contributed by atoms with Gasteiger partial charge in [0.15, 0.2) is 0 Å². The highest BCUT2D eigenvalue weighted by atomic mass is 32.2. The van der Waals surface area contributed by atoms with Crippen molar-refractivity contribution in [2.45, 2.75) is 4.90 Å². The fraction of sp³-hybridized carbons (Fsp3) is 0.190. The van der Waals surface area contributed by atoms with Gasteiger partial charge in [-0.3, -0.25) is 14.9 Å². The van der Waals surface area contributed by atoms with Crippen LogP contribution in [0.15, 0.2) is 70.9 Å². The molecule has 0 radical (unpaired) electrons. The number of carbonyl (C=O) groups is 1. The van der Waals surface area contributed by atoms with Crippen LogP contribution in [0.25, 0.3) is 11.1 Å². The Morgan fingerprint density at radius 2 is 1.58 bits per heavy atom. The van der Waals surface area contributed by atoms with Crippen LogP contribution < -0.4 is 0 Å². The average molecular weight is 458 g/mol. The summed E-state index contributed by atoms with van der Waals surface area (Å²) >= 11 is 1.37. The van der Waals surface area contributed by atoms with Gasteiger partial charge in [0.1, 0.15) is 0 Å². The van der Waals surface area contributed by atoms with Crippen molar-refractivity contribution in [3.63, 3.8) is 0 Å². The Labute approximate surface area is 183 Å². The Kier molecular flexibility index (Phi) is 5.86. The lowest BCUT2D eigenvalue weighted by Gasteiger charge is -2.34. The van der Waals surface area contributed by atoms with E-state index in [1.165, 1.54) is 39.9 Å². The Hall–Kier alpha value is -3.08. The lowest BCUT2D eigenvalue weighted by molar-refractivity contribution is -0.384. The first kappa shape index (κ1) is 21.2. The van der Waals surface area contributed by atoms with Gasteiger partial charge in [0.2, 0.25) is 10.0 Å². The van der Waals surface area contributed by atoms with Crippen molar-refractivity contribution in [2.24, 2.45) is 0 Å². The van der Waals surface area contributed by atoms with Crippen LogP contribution in [0, 0.1) is 10.1 Å². The van der Waals surface area contributed by atoms with E-state index in [-0.39, 0.29) is 42.7 Å². The number of amides is 1. The molecule has 160 valence electrons. The fourth-order valence-electron chi connectivity index (χ4n) is 3.48. The molecule has 0 unspecified atom stereocenters. The zero-order valence-corrected chi connectivity index (χ0v) is 18.0. The summed E-state index contributed by atoms with van der Waals surface area (Å²) in [5.41, 5.74) is 1.67. The van der Waals surface area contributed by atoms with Crippen LogP contribution in [0.3, 0.4) is 0 Å². The lowest BCUT2D eigenvalue weighted by atomic mass is 10.1. The molecule has 1 fully saturated rings. The summed E-state index contributed by atoms with van der Waals surface area (Å²) in [5, 5.41) is 12.7. The average Bonchev–Trinajstić information content (AvgIpc) is 3.29.